The smallest absolute Gasteiger partial charge is 0.196 e. The Morgan fingerprint density at radius 2 is 1.88 bits per heavy atom. The van der Waals surface area contributed by atoms with Crippen molar-refractivity contribution in [1.82, 2.24) is 19.9 Å². The van der Waals surface area contributed by atoms with Crippen molar-refractivity contribution in [2.24, 2.45) is 0 Å². The molecule has 1 aliphatic rings. The summed E-state index contributed by atoms with van der Waals surface area (Å²) >= 11 is 6.51. The minimum atomic E-state index is -0.196. The Labute approximate surface area is 196 Å². The molecule has 0 radical (unpaired) electrons. The molecule has 4 aromatic rings. The quantitative estimate of drug-likeness (QED) is 0.387. The number of fused-ring (bicyclic) bond motifs is 1. The van der Waals surface area contributed by atoms with Crippen LogP contribution in [0.4, 0.5) is 5.82 Å². The average molecular weight is 462 g/mol. The van der Waals surface area contributed by atoms with Crippen LogP contribution in [0.25, 0.3) is 11.0 Å². The van der Waals surface area contributed by atoms with E-state index in [1.165, 1.54) is 6.33 Å². The molecule has 2 aromatic carbocycles. The van der Waals surface area contributed by atoms with E-state index < -0.39 is 0 Å². The molecule has 2 N–H and O–H groups in total. The molecule has 7 nitrogen and oxygen atoms in total. The first kappa shape index (κ1) is 21.4. The van der Waals surface area contributed by atoms with Gasteiger partial charge in [-0.3, -0.25) is 4.79 Å². The number of carbonyl (C=O) groups excluding carboxylic acids is 1. The number of anilines is 1. The number of benzene rings is 2. The maximum Gasteiger partial charge on any atom is 0.196 e. The summed E-state index contributed by atoms with van der Waals surface area (Å²) in [6.45, 7) is 2.05. The lowest BCUT2D eigenvalue weighted by molar-refractivity contribution is 0.104. The third-order valence-electron chi connectivity index (χ3n) is 5.94. The van der Waals surface area contributed by atoms with Crippen molar-refractivity contribution in [1.29, 1.82) is 0 Å². The normalized spacial score (nSPS) is 15.0. The Bertz CT molecular complexity index is 1280. The molecule has 3 heterocycles. The van der Waals surface area contributed by atoms with E-state index >= 15 is 0 Å². The van der Waals surface area contributed by atoms with Gasteiger partial charge in [0.25, 0.3) is 0 Å². The van der Waals surface area contributed by atoms with Crippen molar-refractivity contribution in [2.45, 2.75) is 18.9 Å². The molecule has 2 aromatic heterocycles. The van der Waals surface area contributed by atoms with Gasteiger partial charge in [0, 0.05) is 23.9 Å². The van der Waals surface area contributed by atoms with Crippen LogP contribution in [0.1, 0.15) is 28.8 Å². The second-order valence-electron chi connectivity index (χ2n) is 8.26. The van der Waals surface area contributed by atoms with Crippen molar-refractivity contribution in [3.8, 4) is 11.5 Å². The summed E-state index contributed by atoms with van der Waals surface area (Å²) in [7, 11) is 2.13. The predicted octanol–water partition coefficient (Wildman–Crippen LogP) is 5.14. The van der Waals surface area contributed by atoms with E-state index in [9.17, 15) is 4.79 Å². The summed E-state index contributed by atoms with van der Waals surface area (Å²) in [6.07, 6.45) is 5.22. The van der Waals surface area contributed by atoms with Crippen LogP contribution >= 0.6 is 11.6 Å². The molecule has 0 saturated carbocycles. The largest absolute Gasteiger partial charge is 0.457 e. The third kappa shape index (κ3) is 4.55. The van der Waals surface area contributed by atoms with Gasteiger partial charge in [0.1, 0.15) is 29.3 Å². The number of aromatic amines is 1. The first-order valence-electron chi connectivity index (χ1n) is 10.9. The number of ketones is 1. The molecule has 0 amide bonds. The molecule has 5 rings (SSSR count). The third-order valence-corrected chi connectivity index (χ3v) is 6.25. The Balaban J connectivity index is 1.42. The van der Waals surface area contributed by atoms with Crippen molar-refractivity contribution >= 4 is 34.2 Å². The summed E-state index contributed by atoms with van der Waals surface area (Å²) in [5.41, 5.74) is 1.50. The van der Waals surface area contributed by atoms with E-state index in [0.29, 0.717) is 50.5 Å². The number of ether oxygens (including phenoxy) is 1. The SMILES string of the molecule is CN1CCC(Nc2ncnc3[nH]cc(C(=O)c4ccc(Oc5ccccc5)cc4Cl)c23)CC1. The molecule has 1 fully saturated rings. The topological polar surface area (TPSA) is 83.1 Å². The number of rotatable bonds is 6. The highest BCUT2D eigenvalue weighted by Crippen LogP contribution is 2.31. The minimum absolute atomic E-state index is 0.196. The zero-order valence-corrected chi connectivity index (χ0v) is 19.0. The molecule has 1 aliphatic heterocycles. The van der Waals surface area contributed by atoms with Crippen molar-refractivity contribution in [3.05, 3.63) is 77.2 Å². The standard InChI is InChI=1S/C25H24ClN5O2/c1-31-11-9-16(10-12-31)30-25-22-20(14-27-24(22)28-15-29-25)23(32)19-8-7-18(13-21(19)26)33-17-5-3-2-4-6-17/h2-8,13-16H,9-12H2,1H3,(H2,27,28,29,30). The monoisotopic (exact) mass is 461 g/mol. The average Bonchev–Trinajstić information content (AvgIpc) is 3.26. The Kier molecular flexibility index (Phi) is 5.98. The Hall–Kier alpha value is -3.42. The van der Waals surface area contributed by atoms with Gasteiger partial charge in [-0.2, -0.15) is 0 Å². The zero-order chi connectivity index (χ0) is 22.8. The molecule has 0 aliphatic carbocycles. The second kappa shape index (κ2) is 9.21. The second-order valence-corrected chi connectivity index (χ2v) is 8.66. The van der Waals surface area contributed by atoms with Gasteiger partial charge in [0.2, 0.25) is 0 Å². The van der Waals surface area contributed by atoms with Gasteiger partial charge in [-0.05, 0) is 57.2 Å². The maximum atomic E-state index is 13.5. The number of H-pyrrole nitrogens is 1. The fourth-order valence-electron chi connectivity index (χ4n) is 4.11. The van der Waals surface area contributed by atoms with E-state index in [1.54, 1.807) is 24.4 Å². The number of likely N-dealkylation sites (tertiary alicyclic amines) is 1. The van der Waals surface area contributed by atoms with E-state index in [1.807, 2.05) is 30.3 Å². The number of halogens is 1. The summed E-state index contributed by atoms with van der Waals surface area (Å²) in [5, 5.41) is 4.53. The van der Waals surface area contributed by atoms with E-state index in [2.05, 4.69) is 32.2 Å². The molecular weight excluding hydrogens is 438 g/mol. The first-order valence-corrected chi connectivity index (χ1v) is 11.3. The Morgan fingerprint density at radius 3 is 2.64 bits per heavy atom. The fraction of sp³-hybridized carbons (Fsp3) is 0.240. The summed E-state index contributed by atoms with van der Waals surface area (Å²) < 4.78 is 5.83. The summed E-state index contributed by atoms with van der Waals surface area (Å²) in [6, 6.07) is 14.8. The van der Waals surface area contributed by atoms with Crippen LogP contribution in [-0.2, 0) is 0 Å². The van der Waals surface area contributed by atoms with Crippen molar-refractivity contribution < 1.29 is 9.53 Å². The highest BCUT2D eigenvalue weighted by Gasteiger charge is 2.23. The number of aromatic nitrogens is 3. The summed E-state index contributed by atoms with van der Waals surface area (Å²) in [4.78, 5) is 27.6. The number of nitrogens with zero attached hydrogens (tertiary/aromatic N) is 3. The van der Waals surface area contributed by atoms with Crippen LogP contribution in [-0.4, -0.2) is 51.8 Å². The molecule has 8 heteroatoms. The van der Waals surface area contributed by atoms with Gasteiger partial charge in [-0.25, -0.2) is 9.97 Å². The fourth-order valence-corrected chi connectivity index (χ4v) is 4.37. The molecule has 0 bridgehead atoms. The van der Waals surface area contributed by atoms with Gasteiger partial charge in [0.05, 0.1) is 16.0 Å². The van der Waals surface area contributed by atoms with Crippen LogP contribution in [0.5, 0.6) is 11.5 Å². The lowest BCUT2D eigenvalue weighted by atomic mass is 10.0. The van der Waals surface area contributed by atoms with Crippen LogP contribution in [0.3, 0.4) is 0 Å². The molecule has 0 spiro atoms. The van der Waals surface area contributed by atoms with Crippen LogP contribution in [0.15, 0.2) is 61.1 Å². The van der Waals surface area contributed by atoms with Gasteiger partial charge in [-0.15, -0.1) is 0 Å². The lowest BCUT2D eigenvalue weighted by Gasteiger charge is -2.29. The molecule has 0 atom stereocenters. The van der Waals surface area contributed by atoms with Crippen molar-refractivity contribution in [2.75, 3.05) is 25.5 Å². The number of piperidine rings is 1. The maximum absolute atomic E-state index is 13.5. The summed E-state index contributed by atoms with van der Waals surface area (Å²) in [5.74, 6) is 1.73. The number of para-hydroxylation sites is 1. The van der Waals surface area contributed by atoms with Crippen LogP contribution in [0, 0.1) is 0 Å². The number of carbonyl (C=O) groups is 1. The lowest BCUT2D eigenvalue weighted by Crippen LogP contribution is -2.36. The number of hydrogen-bond donors (Lipinski definition) is 2. The molecule has 0 unspecified atom stereocenters. The van der Waals surface area contributed by atoms with Gasteiger partial charge in [-0.1, -0.05) is 29.8 Å². The number of nitrogens with one attached hydrogen (secondary N) is 2. The van der Waals surface area contributed by atoms with Gasteiger partial charge >= 0.3 is 0 Å². The molecule has 33 heavy (non-hydrogen) atoms. The molecule has 1 saturated heterocycles. The zero-order valence-electron chi connectivity index (χ0n) is 18.2. The van der Waals surface area contributed by atoms with Crippen LogP contribution in [0.2, 0.25) is 5.02 Å². The van der Waals surface area contributed by atoms with Crippen molar-refractivity contribution in [3.63, 3.8) is 0 Å². The first-order chi connectivity index (χ1) is 16.1. The van der Waals surface area contributed by atoms with Gasteiger partial charge in [0.15, 0.2) is 5.78 Å². The van der Waals surface area contributed by atoms with Crippen LogP contribution < -0.4 is 10.1 Å². The van der Waals surface area contributed by atoms with E-state index in [0.717, 1.165) is 25.9 Å². The highest BCUT2D eigenvalue weighted by atomic mass is 35.5. The highest BCUT2D eigenvalue weighted by molar-refractivity contribution is 6.35. The van der Waals surface area contributed by atoms with E-state index in [-0.39, 0.29) is 5.78 Å². The van der Waals surface area contributed by atoms with Gasteiger partial charge < -0.3 is 19.9 Å². The minimum Gasteiger partial charge on any atom is -0.457 e. The molecule has 168 valence electrons. The predicted molar refractivity (Wildman–Crippen MR) is 129 cm³/mol. The van der Waals surface area contributed by atoms with E-state index in [4.69, 9.17) is 16.3 Å². The molecular formula is C25H24ClN5O2. The Morgan fingerprint density at radius 1 is 1.09 bits per heavy atom. The number of hydrogen-bond acceptors (Lipinski definition) is 6.